The van der Waals surface area contributed by atoms with Crippen molar-refractivity contribution in [2.75, 3.05) is 57.6 Å². The summed E-state index contributed by atoms with van der Waals surface area (Å²) in [4.78, 5) is 107. The molecular weight excluding hydrogens is 752 g/mol. The summed E-state index contributed by atoms with van der Waals surface area (Å²) in [6.45, 7) is -2.55. The zero-order valence-corrected chi connectivity index (χ0v) is 47.6. The maximum atomic E-state index is 11.3. The van der Waals surface area contributed by atoms with Gasteiger partial charge in [0.1, 0.15) is 6.29 Å². The zero-order chi connectivity index (χ0) is 25.6. The van der Waals surface area contributed by atoms with E-state index in [1.54, 1.807) is 0 Å². The largest absolute Gasteiger partial charge is 1.00 e. The Labute approximate surface area is 438 Å². The molecule has 41 heavy (non-hydrogen) atoms. The Kier molecular flexibility index (Phi) is 65.1. The van der Waals surface area contributed by atoms with Crippen LogP contribution in [-0.2, 0) is 22.8 Å². The van der Waals surface area contributed by atoms with E-state index in [-0.39, 0.29) is 266 Å². The summed E-state index contributed by atoms with van der Waals surface area (Å²) < 4.78 is 54.9. The SMILES string of the molecule is O=P([O-])([O-])CN(CCN(CCN(CP(=O)([O-])[O-])CP(=O)([O-])[O-])CP(=O)(O)O)CP(=O)([O-])[O-].[Na+].[Na+].[Na+].[Na+].[Na+].[Na+].[Na+].[Na+].[Na+]. The van der Waals surface area contributed by atoms with Gasteiger partial charge in [0.2, 0.25) is 0 Å². The maximum absolute atomic E-state index is 11.3. The second-order valence-electron chi connectivity index (χ2n) is 6.72. The van der Waals surface area contributed by atoms with Gasteiger partial charge in [-0.2, -0.15) is 0 Å². The average molecular weight is 772 g/mol. The average Bonchev–Trinajstić information content (AvgIpc) is 2.41. The molecule has 0 aliphatic carbocycles. The van der Waals surface area contributed by atoms with Crippen LogP contribution in [0.25, 0.3) is 0 Å². The zero-order valence-electron chi connectivity index (χ0n) is 25.1. The molecule has 194 valence electrons. The topological polar surface area (TPSA) is 320 Å². The van der Waals surface area contributed by atoms with E-state index in [9.17, 15) is 62.0 Å². The Morgan fingerprint density at radius 1 is 0.366 bits per heavy atom. The van der Waals surface area contributed by atoms with Gasteiger partial charge in [0.25, 0.3) is 0 Å². The van der Waals surface area contributed by atoms with Gasteiger partial charge in [-0.25, -0.2) is 0 Å². The van der Waals surface area contributed by atoms with Crippen molar-refractivity contribution >= 4 is 38.0 Å². The van der Waals surface area contributed by atoms with Gasteiger partial charge in [0.05, 0.1) is 0 Å². The van der Waals surface area contributed by atoms with Crippen molar-refractivity contribution in [1.82, 2.24) is 14.7 Å². The number of rotatable bonds is 16. The second-order valence-corrected chi connectivity index (χ2v) is 14.4. The van der Waals surface area contributed by atoms with Gasteiger partial charge in [0.15, 0.2) is 0 Å². The van der Waals surface area contributed by atoms with Crippen LogP contribution >= 0.6 is 38.0 Å². The molecule has 2 N–H and O–H groups in total. The van der Waals surface area contributed by atoms with Crippen LogP contribution in [0.3, 0.4) is 0 Å². The molecule has 18 nitrogen and oxygen atoms in total. The van der Waals surface area contributed by atoms with Crippen molar-refractivity contribution in [3.63, 3.8) is 0 Å². The fraction of sp³-hybridized carbons (Fsp3) is 1.00. The van der Waals surface area contributed by atoms with E-state index in [2.05, 4.69) is 0 Å². The van der Waals surface area contributed by atoms with Crippen LogP contribution in [0.15, 0.2) is 0 Å². The summed E-state index contributed by atoms with van der Waals surface area (Å²) in [5.74, 6) is 0. The molecule has 0 rings (SSSR count). The van der Waals surface area contributed by atoms with Crippen LogP contribution in [0.4, 0.5) is 0 Å². The summed E-state index contributed by atoms with van der Waals surface area (Å²) in [6, 6.07) is 0. The normalized spacial score (nSPS) is 11.4. The predicted molar refractivity (Wildman–Crippen MR) is 91.8 cm³/mol. The molecule has 0 aromatic carbocycles. The molecule has 0 amide bonds. The number of nitrogens with zero attached hydrogens (tertiary/aromatic N) is 3. The van der Waals surface area contributed by atoms with Gasteiger partial charge < -0.3 is 67.2 Å². The Bertz CT molecular complexity index is 752. The van der Waals surface area contributed by atoms with Gasteiger partial charge in [-0.3, -0.25) is 19.3 Å². The first kappa shape index (κ1) is 75.5. The number of hydrogen-bond acceptors (Lipinski definition) is 16. The van der Waals surface area contributed by atoms with E-state index in [4.69, 9.17) is 9.79 Å². The van der Waals surface area contributed by atoms with Crippen molar-refractivity contribution in [1.29, 1.82) is 0 Å². The van der Waals surface area contributed by atoms with E-state index < -0.39 is 95.6 Å². The van der Waals surface area contributed by atoms with Crippen molar-refractivity contribution in [2.24, 2.45) is 0 Å². The van der Waals surface area contributed by atoms with Crippen molar-refractivity contribution in [3.8, 4) is 0 Å². The minimum absolute atomic E-state index is 0. The summed E-state index contributed by atoms with van der Waals surface area (Å²) >= 11 is 0. The van der Waals surface area contributed by atoms with E-state index in [1.165, 1.54) is 0 Å². The van der Waals surface area contributed by atoms with Gasteiger partial charge in [-0.05, 0) is 0 Å². The molecule has 0 bridgehead atoms. The van der Waals surface area contributed by atoms with E-state index in [0.29, 0.717) is 9.80 Å². The number of hydrogen-bond donors (Lipinski definition) is 2. The van der Waals surface area contributed by atoms with Crippen LogP contribution in [0.5, 0.6) is 0 Å². The molecule has 0 spiro atoms. The van der Waals surface area contributed by atoms with E-state index in [0.717, 1.165) is 4.90 Å². The van der Waals surface area contributed by atoms with Gasteiger partial charge in [0, 0.05) is 51.3 Å². The second kappa shape index (κ2) is 35.3. The first-order valence-corrected chi connectivity index (χ1v) is 16.9. The summed E-state index contributed by atoms with van der Waals surface area (Å²) in [5, 5.41) is 0. The van der Waals surface area contributed by atoms with Crippen LogP contribution in [0, 0.1) is 0 Å². The van der Waals surface area contributed by atoms with Crippen molar-refractivity contribution in [2.45, 2.75) is 0 Å². The quantitative estimate of drug-likeness (QED) is 0.109. The molecule has 0 unspecified atom stereocenters. The van der Waals surface area contributed by atoms with Crippen LogP contribution in [-0.4, -0.2) is 82.1 Å². The molecule has 0 aliphatic heterocycles. The summed E-state index contributed by atoms with van der Waals surface area (Å²) in [7, 11) is -26.2. The molecular formula is C9H20N3Na9O15P5+. The standard InChI is InChI=1S/C9H28N3O15P5.9Na/c13-28(14,15)5-10(1-3-11(6-29(16,17)18)7-30(19,20)21)2-4-12(8-31(22,23)24)9-32(25,26)27;;;;;;;;;/h1-9H2,(H2,13,14,15)(H2,16,17,18)(H2,19,20,21)(H2,22,23,24)(H2,25,26,27);;;;;;;;;/q;9*+1/p-8. The smallest absolute Gasteiger partial charge is 0.810 e. The van der Waals surface area contributed by atoms with Crippen LogP contribution < -0.4 is 305 Å². The van der Waals surface area contributed by atoms with Crippen molar-refractivity contribution in [3.05, 3.63) is 0 Å². The predicted octanol–water partition coefficient (Wildman–Crippen LogP) is -34.5. The molecule has 0 aromatic rings. The minimum Gasteiger partial charge on any atom is -0.810 e. The molecule has 0 fully saturated rings. The molecule has 0 atom stereocenters. The molecule has 0 aromatic heterocycles. The third-order valence-corrected chi connectivity index (χ3v) is 7.10. The molecule has 32 heteroatoms. The van der Waals surface area contributed by atoms with Gasteiger partial charge >= 0.3 is 274 Å². The van der Waals surface area contributed by atoms with Gasteiger partial charge in [-0.15, -0.1) is 0 Å². The van der Waals surface area contributed by atoms with Crippen molar-refractivity contribution < 1.29 is 338 Å². The molecule has 0 heterocycles. The first-order chi connectivity index (χ1) is 13.9. The monoisotopic (exact) mass is 772 g/mol. The molecule has 0 saturated heterocycles. The van der Waals surface area contributed by atoms with E-state index in [1.807, 2.05) is 0 Å². The summed E-state index contributed by atoms with van der Waals surface area (Å²) in [6.07, 6.45) is -6.68. The van der Waals surface area contributed by atoms with E-state index >= 15 is 0 Å². The summed E-state index contributed by atoms with van der Waals surface area (Å²) in [5.41, 5.74) is 0. The first-order valence-electron chi connectivity index (χ1n) is 8.20. The van der Waals surface area contributed by atoms with Crippen LogP contribution in [0.1, 0.15) is 0 Å². The maximum Gasteiger partial charge on any atom is 1.00 e. The molecule has 0 radical (unpaired) electrons. The van der Waals surface area contributed by atoms with Crippen LogP contribution in [0.2, 0.25) is 0 Å². The third-order valence-electron chi connectivity index (χ3n) is 3.34. The Morgan fingerprint density at radius 3 is 0.683 bits per heavy atom. The molecule has 0 aliphatic rings. The molecule has 0 saturated carbocycles. The minimum atomic E-state index is -5.34. The third kappa shape index (κ3) is 56.5. The Morgan fingerprint density at radius 2 is 0.537 bits per heavy atom. The Balaban J connectivity index is -0.000000133. The van der Waals surface area contributed by atoms with Gasteiger partial charge in [-0.1, -0.05) is 30.4 Å². The fourth-order valence-corrected chi connectivity index (χ4v) is 6.48. The fourth-order valence-electron chi connectivity index (χ4n) is 2.43. The Hall–Kier alpha value is 9.63.